The van der Waals surface area contributed by atoms with Crippen LogP contribution in [0.15, 0.2) is 35.3 Å². The second kappa shape index (κ2) is 7.09. The van der Waals surface area contributed by atoms with Crippen molar-refractivity contribution in [1.82, 2.24) is 4.98 Å². The zero-order valence-corrected chi connectivity index (χ0v) is 16.8. The third-order valence-electron chi connectivity index (χ3n) is 5.14. The molecule has 0 aliphatic rings. The maximum absolute atomic E-state index is 12.8. The SMILES string of the molecule is COc1cc2c(cc1OC)c1c(=O)[nH]ccc1c1cc(OC)c(OC)c(OC)c12. The predicted octanol–water partition coefficient (Wildman–Crippen LogP) is 3.88. The van der Waals surface area contributed by atoms with Gasteiger partial charge in [0.2, 0.25) is 5.75 Å². The van der Waals surface area contributed by atoms with Gasteiger partial charge in [-0.05, 0) is 45.8 Å². The van der Waals surface area contributed by atoms with E-state index in [0.717, 1.165) is 26.9 Å². The van der Waals surface area contributed by atoms with Crippen LogP contribution in [-0.4, -0.2) is 40.5 Å². The molecule has 4 aromatic rings. The summed E-state index contributed by atoms with van der Waals surface area (Å²) < 4.78 is 27.8. The topological polar surface area (TPSA) is 79.0 Å². The lowest BCUT2D eigenvalue weighted by atomic mass is 9.93. The average molecular weight is 395 g/mol. The number of H-pyrrole nitrogens is 1. The molecule has 0 unspecified atom stereocenters. The first-order valence-corrected chi connectivity index (χ1v) is 8.91. The van der Waals surface area contributed by atoms with Crippen LogP contribution in [0.2, 0.25) is 0 Å². The maximum Gasteiger partial charge on any atom is 0.256 e. The lowest BCUT2D eigenvalue weighted by molar-refractivity contribution is 0.327. The van der Waals surface area contributed by atoms with Gasteiger partial charge in [-0.1, -0.05) is 0 Å². The third kappa shape index (κ3) is 2.61. The van der Waals surface area contributed by atoms with E-state index in [0.29, 0.717) is 34.1 Å². The van der Waals surface area contributed by atoms with Crippen molar-refractivity contribution >= 4 is 32.3 Å². The Morgan fingerprint density at radius 2 is 1.14 bits per heavy atom. The highest BCUT2D eigenvalue weighted by atomic mass is 16.5. The standard InChI is InChI=1S/C22H21NO6/c1-25-15-8-13-14(9-16(15)26-2)19-11(6-7-23-22(19)24)12-10-17(27-3)20(28-4)21(29-5)18(12)13/h6-10H,1-5H3,(H,23,24). The fourth-order valence-electron chi connectivity index (χ4n) is 3.90. The molecule has 0 fully saturated rings. The van der Waals surface area contributed by atoms with Crippen molar-refractivity contribution < 1.29 is 23.7 Å². The summed E-state index contributed by atoms with van der Waals surface area (Å²) in [6, 6.07) is 7.37. The second-order valence-electron chi connectivity index (χ2n) is 6.42. The van der Waals surface area contributed by atoms with Crippen LogP contribution in [0, 0.1) is 0 Å². The largest absolute Gasteiger partial charge is 0.493 e. The van der Waals surface area contributed by atoms with Crippen LogP contribution in [0.4, 0.5) is 0 Å². The van der Waals surface area contributed by atoms with E-state index in [-0.39, 0.29) is 5.56 Å². The zero-order chi connectivity index (χ0) is 20.7. The molecule has 3 aromatic carbocycles. The van der Waals surface area contributed by atoms with Crippen LogP contribution in [-0.2, 0) is 0 Å². The molecule has 1 N–H and O–H groups in total. The van der Waals surface area contributed by atoms with Crippen LogP contribution in [0.25, 0.3) is 32.3 Å². The lowest BCUT2D eigenvalue weighted by Gasteiger charge is -2.19. The van der Waals surface area contributed by atoms with Gasteiger partial charge in [-0.15, -0.1) is 0 Å². The first-order valence-electron chi connectivity index (χ1n) is 8.91. The predicted molar refractivity (Wildman–Crippen MR) is 112 cm³/mol. The monoisotopic (exact) mass is 395 g/mol. The fourth-order valence-corrected chi connectivity index (χ4v) is 3.90. The van der Waals surface area contributed by atoms with Crippen molar-refractivity contribution in [3.63, 3.8) is 0 Å². The Bertz CT molecular complexity index is 1310. The summed E-state index contributed by atoms with van der Waals surface area (Å²) in [7, 11) is 7.83. The summed E-state index contributed by atoms with van der Waals surface area (Å²) in [6.45, 7) is 0. The van der Waals surface area contributed by atoms with Crippen molar-refractivity contribution in [3.8, 4) is 28.7 Å². The van der Waals surface area contributed by atoms with Crippen LogP contribution >= 0.6 is 0 Å². The Hall–Kier alpha value is -3.61. The molecule has 0 amide bonds. The molecule has 0 spiro atoms. The van der Waals surface area contributed by atoms with E-state index < -0.39 is 0 Å². The van der Waals surface area contributed by atoms with Gasteiger partial charge in [-0.3, -0.25) is 4.79 Å². The van der Waals surface area contributed by atoms with E-state index in [1.54, 1.807) is 47.8 Å². The molecule has 1 heterocycles. The number of methoxy groups -OCH3 is 5. The summed E-state index contributed by atoms with van der Waals surface area (Å²) in [5, 5.41) is 4.41. The summed E-state index contributed by atoms with van der Waals surface area (Å²) in [5.41, 5.74) is -0.199. The smallest absolute Gasteiger partial charge is 0.256 e. The first kappa shape index (κ1) is 18.7. The van der Waals surface area contributed by atoms with E-state index in [4.69, 9.17) is 23.7 Å². The van der Waals surface area contributed by atoms with Crippen molar-refractivity contribution in [1.29, 1.82) is 0 Å². The van der Waals surface area contributed by atoms with E-state index >= 15 is 0 Å². The van der Waals surface area contributed by atoms with Crippen LogP contribution in [0.5, 0.6) is 28.7 Å². The molecule has 150 valence electrons. The van der Waals surface area contributed by atoms with Gasteiger partial charge in [-0.25, -0.2) is 0 Å². The van der Waals surface area contributed by atoms with Crippen LogP contribution in [0.3, 0.4) is 0 Å². The van der Waals surface area contributed by atoms with E-state index in [2.05, 4.69) is 4.98 Å². The highest BCUT2D eigenvalue weighted by molar-refractivity contribution is 6.27. The quantitative estimate of drug-likeness (QED) is 0.517. The molecular weight excluding hydrogens is 374 g/mol. The second-order valence-corrected chi connectivity index (χ2v) is 6.42. The van der Waals surface area contributed by atoms with Gasteiger partial charge in [0.1, 0.15) is 0 Å². The molecule has 1 aromatic heterocycles. The van der Waals surface area contributed by atoms with E-state index in [9.17, 15) is 4.79 Å². The minimum atomic E-state index is -0.199. The zero-order valence-electron chi connectivity index (χ0n) is 16.8. The molecule has 0 aliphatic carbocycles. The van der Waals surface area contributed by atoms with E-state index in [1.807, 2.05) is 18.2 Å². The van der Waals surface area contributed by atoms with Crippen molar-refractivity contribution in [2.75, 3.05) is 35.5 Å². The van der Waals surface area contributed by atoms with Crippen LogP contribution < -0.4 is 29.2 Å². The summed E-state index contributed by atoms with van der Waals surface area (Å²) in [6.07, 6.45) is 1.62. The van der Waals surface area contributed by atoms with Crippen molar-refractivity contribution in [2.45, 2.75) is 0 Å². The number of hydrogen-bond acceptors (Lipinski definition) is 6. The van der Waals surface area contributed by atoms with Gasteiger partial charge in [-0.2, -0.15) is 0 Å². The molecule has 0 atom stereocenters. The number of aromatic amines is 1. The van der Waals surface area contributed by atoms with Gasteiger partial charge in [0, 0.05) is 11.6 Å². The van der Waals surface area contributed by atoms with Gasteiger partial charge >= 0.3 is 0 Å². The summed E-state index contributed by atoms with van der Waals surface area (Å²) in [5.74, 6) is 2.58. The number of nitrogens with one attached hydrogen (secondary N) is 1. The molecule has 0 saturated carbocycles. The third-order valence-corrected chi connectivity index (χ3v) is 5.14. The Kier molecular flexibility index (Phi) is 4.58. The molecule has 7 nitrogen and oxygen atoms in total. The molecule has 7 heteroatoms. The molecule has 29 heavy (non-hydrogen) atoms. The van der Waals surface area contributed by atoms with Gasteiger partial charge in [0.05, 0.1) is 40.9 Å². The van der Waals surface area contributed by atoms with E-state index in [1.165, 1.54) is 0 Å². The molecule has 4 rings (SSSR count). The first-order chi connectivity index (χ1) is 14.1. The Balaban J connectivity index is 2.41. The highest BCUT2D eigenvalue weighted by Crippen LogP contribution is 2.49. The Morgan fingerprint density at radius 1 is 0.621 bits per heavy atom. The normalized spacial score (nSPS) is 11.1. The minimum absolute atomic E-state index is 0.199. The van der Waals surface area contributed by atoms with Crippen molar-refractivity contribution in [3.05, 3.63) is 40.8 Å². The summed E-state index contributed by atoms with van der Waals surface area (Å²) in [4.78, 5) is 15.6. The number of ether oxygens (including phenoxy) is 5. The van der Waals surface area contributed by atoms with Gasteiger partial charge in [0.25, 0.3) is 5.56 Å². The number of rotatable bonds is 5. The number of fused-ring (bicyclic) bond motifs is 6. The fraction of sp³-hybridized carbons (Fsp3) is 0.227. The minimum Gasteiger partial charge on any atom is -0.493 e. The Labute approximate surface area is 166 Å². The van der Waals surface area contributed by atoms with Crippen molar-refractivity contribution in [2.24, 2.45) is 0 Å². The maximum atomic E-state index is 12.8. The summed E-state index contributed by atoms with van der Waals surface area (Å²) >= 11 is 0. The number of pyridine rings is 1. The average Bonchev–Trinajstić information content (AvgIpc) is 2.76. The highest BCUT2D eigenvalue weighted by Gasteiger charge is 2.22. The molecular formula is C22H21NO6. The molecule has 0 radical (unpaired) electrons. The van der Waals surface area contributed by atoms with Crippen LogP contribution in [0.1, 0.15) is 0 Å². The van der Waals surface area contributed by atoms with Gasteiger partial charge < -0.3 is 28.7 Å². The number of hydrogen-bond donors (Lipinski definition) is 1. The molecule has 0 aliphatic heterocycles. The number of benzene rings is 3. The molecule has 0 saturated heterocycles. The lowest BCUT2D eigenvalue weighted by Crippen LogP contribution is -2.06. The van der Waals surface area contributed by atoms with Gasteiger partial charge in [0.15, 0.2) is 23.0 Å². The number of aromatic nitrogens is 1. The molecule has 0 bridgehead atoms. The Morgan fingerprint density at radius 3 is 1.69 bits per heavy atom.